The summed E-state index contributed by atoms with van der Waals surface area (Å²) in [5.74, 6) is -0.659. The van der Waals surface area contributed by atoms with Gasteiger partial charge in [-0.25, -0.2) is 0 Å². The highest BCUT2D eigenvalue weighted by Crippen LogP contribution is 2.46. The van der Waals surface area contributed by atoms with E-state index in [0.29, 0.717) is 0 Å². The van der Waals surface area contributed by atoms with Crippen LogP contribution in [0.5, 0.6) is 0 Å². The Kier molecular flexibility index (Phi) is 2.17. The molecule has 1 saturated heterocycles. The Hall–Kier alpha value is -1.53. The molecule has 2 rings (SSSR count). The largest absolute Gasteiger partial charge is 0.313 e. The van der Waals surface area contributed by atoms with Crippen LogP contribution in [0.2, 0.25) is 0 Å². The molecule has 1 amide bonds. The van der Waals surface area contributed by atoms with Gasteiger partial charge in [-0.15, -0.1) is 0 Å². The van der Waals surface area contributed by atoms with E-state index in [9.17, 15) is 4.79 Å². The number of likely N-dealkylation sites (tertiary alicyclic amines) is 1. The average Bonchev–Trinajstić information content (AvgIpc) is 2.29. The molecule has 0 aromatic heterocycles. The predicted octanol–water partition coefficient (Wildman–Crippen LogP) is 1.70. The third kappa shape index (κ3) is 1.22. The van der Waals surface area contributed by atoms with Crippen LogP contribution in [0.4, 0.5) is 0 Å². The van der Waals surface area contributed by atoms with Gasteiger partial charge in [-0.3, -0.25) is 4.79 Å². The number of alkyl halides is 1. The first-order chi connectivity index (χ1) is 7.11. The second-order valence-corrected chi connectivity index (χ2v) is 4.10. The Bertz CT molecular complexity index is 440. The normalized spacial score (nSPS) is 29.5. The van der Waals surface area contributed by atoms with E-state index in [1.54, 1.807) is 0 Å². The number of β-lactam (4-membered cyclic amide) rings is 1. The van der Waals surface area contributed by atoms with E-state index in [1.165, 1.54) is 11.9 Å². The topological polar surface area (TPSA) is 44.1 Å². The Balaban J connectivity index is 2.40. The van der Waals surface area contributed by atoms with Crippen molar-refractivity contribution in [1.29, 1.82) is 5.26 Å². The zero-order valence-electron chi connectivity index (χ0n) is 8.14. The SMILES string of the molecule is CN1C(=O)C(c2ccccc2)C1(Cl)C#N. The second kappa shape index (κ2) is 3.25. The van der Waals surface area contributed by atoms with Gasteiger partial charge in [0.15, 0.2) is 0 Å². The summed E-state index contributed by atoms with van der Waals surface area (Å²) in [5, 5.41) is 8.99. The van der Waals surface area contributed by atoms with Crippen molar-refractivity contribution in [2.45, 2.75) is 10.9 Å². The van der Waals surface area contributed by atoms with Gasteiger partial charge in [-0.2, -0.15) is 5.26 Å². The van der Waals surface area contributed by atoms with E-state index in [1.807, 2.05) is 36.4 Å². The monoisotopic (exact) mass is 220 g/mol. The summed E-state index contributed by atoms with van der Waals surface area (Å²) in [5.41, 5.74) is 0.789. The quantitative estimate of drug-likeness (QED) is 0.411. The van der Waals surface area contributed by atoms with Crippen molar-refractivity contribution in [3.8, 4) is 6.07 Å². The lowest BCUT2D eigenvalue weighted by Crippen LogP contribution is -2.63. The molecule has 1 aromatic rings. The molecule has 0 bridgehead atoms. The minimum absolute atomic E-state index is 0.113. The van der Waals surface area contributed by atoms with E-state index < -0.39 is 10.9 Å². The van der Waals surface area contributed by atoms with Crippen molar-refractivity contribution in [3.63, 3.8) is 0 Å². The Morgan fingerprint density at radius 2 is 2.07 bits per heavy atom. The fourth-order valence-electron chi connectivity index (χ4n) is 1.79. The van der Waals surface area contributed by atoms with Gasteiger partial charge in [-0.1, -0.05) is 41.9 Å². The lowest BCUT2D eigenvalue weighted by molar-refractivity contribution is -0.147. The predicted molar refractivity (Wildman–Crippen MR) is 56.2 cm³/mol. The smallest absolute Gasteiger partial charge is 0.236 e. The molecule has 0 spiro atoms. The van der Waals surface area contributed by atoms with Crippen molar-refractivity contribution >= 4 is 17.5 Å². The number of hydrogen-bond donors (Lipinski definition) is 0. The number of hydrogen-bond acceptors (Lipinski definition) is 2. The molecular weight excluding hydrogens is 212 g/mol. The van der Waals surface area contributed by atoms with Crippen LogP contribution in [-0.4, -0.2) is 22.9 Å². The summed E-state index contributed by atoms with van der Waals surface area (Å²) in [7, 11) is 1.54. The van der Waals surface area contributed by atoms with Crippen molar-refractivity contribution in [2.24, 2.45) is 0 Å². The Labute approximate surface area is 92.9 Å². The summed E-state index contributed by atoms with van der Waals surface area (Å²) in [6, 6.07) is 11.1. The number of nitriles is 1. The molecule has 0 aliphatic carbocycles. The van der Waals surface area contributed by atoms with Crippen LogP contribution in [0.15, 0.2) is 30.3 Å². The van der Waals surface area contributed by atoms with Crippen LogP contribution in [0.3, 0.4) is 0 Å². The molecule has 2 atom stereocenters. The molecule has 1 heterocycles. The lowest BCUT2D eigenvalue weighted by atomic mass is 9.82. The third-order valence-electron chi connectivity index (χ3n) is 2.74. The molecule has 0 N–H and O–H groups in total. The summed E-state index contributed by atoms with van der Waals surface area (Å²) < 4.78 is 0. The first-order valence-corrected chi connectivity index (χ1v) is 4.92. The summed E-state index contributed by atoms with van der Waals surface area (Å²) >= 11 is 6.08. The molecular formula is C11H9ClN2O. The van der Waals surface area contributed by atoms with Crippen LogP contribution >= 0.6 is 11.6 Å². The molecule has 2 unspecified atom stereocenters. The molecule has 3 nitrogen and oxygen atoms in total. The summed E-state index contributed by atoms with van der Waals surface area (Å²) in [6.07, 6.45) is 0. The minimum atomic E-state index is -1.22. The van der Waals surface area contributed by atoms with Gasteiger partial charge in [0, 0.05) is 7.05 Å². The minimum Gasteiger partial charge on any atom is -0.313 e. The number of amides is 1. The third-order valence-corrected chi connectivity index (χ3v) is 3.29. The van der Waals surface area contributed by atoms with E-state index in [0.717, 1.165) is 5.56 Å². The number of benzene rings is 1. The highest BCUT2D eigenvalue weighted by atomic mass is 35.5. The van der Waals surface area contributed by atoms with Gasteiger partial charge < -0.3 is 4.90 Å². The van der Waals surface area contributed by atoms with Gasteiger partial charge >= 0.3 is 0 Å². The van der Waals surface area contributed by atoms with E-state index in [4.69, 9.17) is 16.9 Å². The zero-order chi connectivity index (χ0) is 11.1. The molecule has 15 heavy (non-hydrogen) atoms. The number of carbonyl (C=O) groups excluding carboxylic acids is 1. The molecule has 1 aliphatic rings. The fraction of sp³-hybridized carbons (Fsp3) is 0.273. The molecule has 0 radical (unpaired) electrons. The molecule has 76 valence electrons. The zero-order valence-corrected chi connectivity index (χ0v) is 8.90. The van der Waals surface area contributed by atoms with Crippen LogP contribution in [0, 0.1) is 11.3 Å². The van der Waals surface area contributed by atoms with E-state index in [-0.39, 0.29) is 5.91 Å². The van der Waals surface area contributed by atoms with Crippen LogP contribution < -0.4 is 0 Å². The lowest BCUT2D eigenvalue weighted by Gasteiger charge is -2.47. The van der Waals surface area contributed by atoms with E-state index in [2.05, 4.69) is 0 Å². The van der Waals surface area contributed by atoms with E-state index >= 15 is 0 Å². The van der Waals surface area contributed by atoms with Crippen molar-refractivity contribution in [2.75, 3.05) is 7.05 Å². The average molecular weight is 221 g/mol. The number of carbonyl (C=O) groups is 1. The second-order valence-electron chi connectivity index (χ2n) is 3.53. The molecule has 1 aliphatic heterocycles. The first-order valence-electron chi connectivity index (χ1n) is 4.54. The maximum Gasteiger partial charge on any atom is 0.236 e. The van der Waals surface area contributed by atoms with Crippen molar-refractivity contribution in [1.82, 2.24) is 4.90 Å². The molecule has 4 heteroatoms. The number of halogens is 1. The van der Waals surface area contributed by atoms with Gasteiger partial charge in [0.2, 0.25) is 10.9 Å². The van der Waals surface area contributed by atoms with Crippen molar-refractivity contribution in [3.05, 3.63) is 35.9 Å². The Morgan fingerprint density at radius 3 is 2.60 bits per heavy atom. The van der Waals surface area contributed by atoms with Crippen molar-refractivity contribution < 1.29 is 4.79 Å². The Morgan fingerprint density at radius 1 is 1.47 bits per heavy atom. The number of rotatable bonds is 1. The fourth-order valence-corrected chi connectivity index (χ4v) is 2.10. The number of nitrogens with zero attached hydrogens (tertiary/aromatic N) is 2. The first kappa shape index (κ1) is 10.0. The maximum absolute atomic E-state index is 11.6. The number of likely N-dealkylation sites (N-methyl/N-ethyl adjacent to an activating group) is 1. The van der Waals surface area contributed by atoms with Crippen LogP contribution in [-0.2, 0) is 4.79 Å². The van der Waals surface area contributed by atoms with Gasteiger partial charge in [0.05, 0.1) is 0 Å². The summed E-state index contributed by atoms with van der Waals surface area (Å²) in [6.45, 7) is 0. The van der Waals surface area contributed by atoms with Crippen LogP contribution in [0.1, 0.15) is 11.5 Å². The van der Waals surface area contributed by atoms with Gasteiger partial charge in [-0.05, 0) is 5.56 Å². The maximum atomic E-state index is 11.6. The highest BCUT2D eigenvalue weighted by molar-refractivity contribution is 6.31. The van der Waals surface area contributed by atoms with Gasteiger partial charge in [0.1, 0.15) is 12.0 Å². The summed E-state index contributed by atoms with van der Waals surface area (Å²) in [4.78, 5) is 11.7. The molecule has 1 aromatic carbocycles. The van der Waals surface area contributed by atoms with Crippen LogP contribution in [0.25, 0.3) is 0 Å². The molecule has 1 fully saturated rings. The standard InChI is InChI=1S/C11H9ClN2O/c1-14-10(15)9(11(14,12)7-13)8-5-3-2-4-6-8/h2-6,9H,1H3. The highest BCUT2D eigenvalue weighted by Gasteiger charge is 2.58. The molecule has 0 saturated carbocycles. The van der Waals surface area contributed by atoms with Gasteiger partial charge in [0.25, 0.3) is 0 Å².